The highest BCUT2D eigenvalue weighted by Gasteiger charge is 2.09. The summed E-state index contributed by atoms with van der Waals surface area (Å²) in [7, 11) is 0. The lowest BCUT2D eigenvalue weighted by Crippen LogP contribution is -2.03. The number of nitrogens with zero attached hydrogens (tertiary/aromatic N) is 1. The Kier molecular flexibility index (Phi) is 3.01. The highest BCUT2D eigenvalue weighted by molar-refractivity contribution is 5.84. The highest BCUT2D eigenvalue weighted by atomic mass is 16.3. The van der Waals surface area contributed by atoms with Gasteiger partial charge in [-0.15, -0.1) is 0 Å². The number of aliphatic hydroxyl groups excluding tert-OH is 1. The molecule has 2 nitrogen and oxygen atoms in total. The van der Waals surface area contributed by atoms with Crippen LogP contribution in [0.25, 0.3) is 10.9 Å². The second kappa shape index (κ2) is 4.30. The molecule has 1 aromatic carbocycles. The minimum absolute atomic E-state index is 0.280. The van der Waals surface area contributed by atoms with Crippen molar-refractivity contribution in [2.24, 2.45) is 0 Å². The van der Waals surface area contributed by atoms with E-state index in [4.69, 9.17) is 0 Å². The number of hydrogen-bond donors (Lipinski definition) is 1. The number of aryl methyl sites for hydroxylation is 2. The van der Waals surface area contributed by atoms with Crippen LogP contribution >= 0.6 is 0 Å². The molecule has 0 amide bonds. The summed E-state index contributed by atoms with van der Waals surface area (Å²) in [5.41, 5.74) is 3.80. The van der Waals surface area contributed by atoms with Gasteiger partial charge in [-0.05, 0) is 38.0 Å². The first-order chi connectivity index (χ1) is 7.61. The number of rotatable bonds is 3. The lowest BCUT2D eigenvalue weighted by Gasteiger charge is -2.02. The van der Waals surface area contributed by atoms with Crippen LogP contribution in [-0.2, 0) is 13.0 Å². The summed E-state index contributed by atoms with van der Waals surface area (Å²) in [6, 6.07) is 6.51. The molecule has 0 saturated carbocycles. The van der Waals surface area contributed by atoms with E-state index in [1.807, 2.05) is 6.92 Å². The number of aliphatic hydroxyl groups is 1. The molecular weight excluding hydrogens is 198 g/mol. The molecule has 86 valence electrons. The van der Waals surface area contributed by atoms with Crippen molar-refractivity contribution >= 4 is 10.9 Å². The summed E-state index contributed by atoms with van der Waals surface area (Å²) in [5, 5.41) is 10.8. The SMILES string of the molecule is CCn1cc(CC(C)O)c2ccc(C)cc21. The number of aromatic nitrogens is 1. The minimum atomic E-state index is -0.280. The highest BCUT2D eigenvalue weighted by Crippen LogP contribution is 2.23. The standard InChI is InChI=1S/C14H19NO/c1-4-15-9-12(8-11(3)16)13-6-5-10(2)7-14(13)15/h5-7,9,11,16H,4,8H2,1-3H3. The molecule has 0 bridgehead atoms. The molecule has 16 heavy (non-hydrogen) atoms. The summed E-state index contributed by atoms with van der Waals surface area (Å²) in [5.74, 6) is 0. The molecule has 0 saturated heterocycles. The first-order valence-electron chi connectivity index (χ1n) is 5.88. The Labute approximate surface area is 96.5 Å². The summed E-state index contributed by atoms with van der Waals surface area (Å²) < 4.78 is 2.25. The second-order valence-electron chi connectivity index (χ2n) is 4.51. The van der Waals surface area contributed by atoms with E-state index in [1.54, 1.807) is 0 Å². The maximum absolute atomic E-state index is 9.49. The van der Waals surface area contributed by atoms with E-state index in [0.717, 1.165) is 13.0 Å². The van der Waals surface area contributed by atoms with E-state index >= 15 is 0 Å². The maximum atomic E-state index is 9.49. The van der Waals surface area contributed by atoms with Gasteiger partial charge in [-0.3, -0.25) is 0 Å². The molecule has 0 fully saturated rings. The van der Waals surface area contributed by atoms with Crippen molar-refractivity contribution in [2.75, 3.05) is 0 Å². The van der Waals surface area contributed by atoms with Crippen LogP contribution in [0.4, 0.5) is 0 Å². The minimum Gasteiger partial charge on any atom is -0.393 e. The van der Waals surface area contributed by atoms with Gasteiger partial charge in [0, 0.05) is 30.1 Å². The molecule has 1 unspecified atom stereocenters. The molecule has 0 spiro atoms. The van der Waals surface area contributed by atoms with Gasteiger partial charge in [-0.2, -0.15) is 0 Å². The van der Waals surface area contributed by atoms with Gasteiger partial charge in [0.25, 0.3) is 0 Å². The van der Waals surface area contributed by atoms with E-state index in [2.05, 4.69) is 42.8 Å². The first kappa shape index (κ1) is 11.2. The molecule has 2 aromatic rings. The van der Waals surface area contributed by atoms with Crippen LogP contribution in [0, 0.1) is 6.92 Å². The molecule has 1 N–H and O–H groups in total. The molecular formula is C14H19NO. The third-order valence-electron chi connectivity index (χ3n) is 2.98. The normalized spacial score (nSPS) is 13.2. The van der Waals surface area contributed by atoms with Gasteiger partial charge in [-0.25, -0.2) is 0 Å². The molecule has 2 heteroatoms. The van der Waals surface area contributed by atoms with Gasteiger partial charge in [0.05, 0.1) is 6.10 Å². The van der Waals surface area contributed by atoms with Gasteiger partial charge >= 0.3 is 0 Å². The Hall–Kier alpha value is -1.28. The quantitative estimate of drug-likeness (QED) is 0.840. The molecule has 0 aliphatic heterocycles. The smallest absolute Gasteiger partial charge is 0.0553 e. The number of benzene rings is 1. The van der Waals surface area contributed by atoms with Crippen molar-refractivity contribution in [1.82, 2.24) is 4.57 Å². The van der Waals surface area contributed by atoms with E-state index < -0.39 is 0 Å². The van der Waals surface area contributed by atoms with Crippen LogP contribution in [0.3, 0.4) is 0 Å². The van der Waals surface area contributed by atoms with Gasteiger partial charge < -0.3 is 9.67 Å². The van der Waals surface area contributed by atoms with E-state index in [-0.39, 0.29) is 6.10 Å². The topological polar surface area (TPSA) is 25.2 Å². The fourth-order valence-electron chi connectivity index (χ4n) is 2.22. The lowest BCUT2D eigenvalue weighted by atomic mass is 10.1. The largest absolute Gasteiger partial charge is 0.393 e. The zero-order valence-corrected chi connectivity index (χ0v) is 10.2. The Bertz CT molecular complexity index is 497. The third-order valence-corrected chi connectivity index (χ3v) is 2.98. The average molecular weight is 217 g/mol. The number of fused-ring (bicyclic) bond motifs is 1. The Morgan fingerprint density at radius 3 is 2.75 bits per heavy atom. The first-order valence-corrected chi connectivity index (χ1v) is 5.88. The van der Waals surface area contributed by atoms with Crippen LogP contribution in [0.15, 0.2) is 24.4 Å². The lowest BCUT2D eigenvalue weighted by molar-refractivity contribution is 0.196. The van der Waals surface area contributed by atoms with Gasteiger partial charge in [-0.1, -0.05) is 12.1 Å². The van der Waals surface area contributed by atoms with Crippen LogP contribution in [0.2, 0.25) is 0 Å². The van der Waals surface area contributed by atoms with Gasteiger partial charge in [0.15, 0.2) is 0 Å². The zero-order chi connectivity index (χ0) is 11.7. The molecule has 0 aliphatic carbocycles. The van der Waals surface area contributed by atoms with Crippen LogP contribution in [0.1, 0.15) is 25.0 Å². The third kappa shape index (κ3) is 1.98. The molecule has 1 aromatic heterocycles. The fourth-order valence-corrected chi connectivity index (χ4v) is 2.22. The summed E-state index contributed by atoms with van der Waals surface area (Å²) in [4.78, 5) is 0. The van der Waals surface area contributed by atoms with Crippen molar-refractivity contribution in [3.63, 3.8) is 0 Å². The second-order valence-corrected chi connectivity index (χ2v) is 4.51. The van der Waals surface area contributed by atoms with Gasteiger partial charge in [0.1, 0.15) is 0 Å². The van der Waals surface area contributed by atoms with Crippen LogP contribution in [-0.4, -0.2) is 15.8 Å². The van der Waals surface area contributed by atoms with E-state index in [1.165, 1.54) is 22.0 Å². The summed E-state index contributed by atoms with van der Waals surface area (Å²) in [6.45, 7) is 7.07. The predicted molar refractivity (Wildman–Crippen MR) is 67.7 cm³/mol. The van der Waals surface area contributed by atoms with Crippen LogP contribution < -0.4 is 0 Å². The van der Waals surface area contributed by atoms with Crippen molar-refractivity contribution in [2.45, 2.75) is 39.8 Å². The maximum Gasteiger partial charge on any atom is 0.0553 e. The van der Waals surface area contributed by atoms with Crippen molar-refractivity contribution < 1.29 is 5.11 Å². The van der Waals surface area contributed by atoms with Crippen molar-refractivity contribution in [3.8, 4) is 0 Å². The Balaban J connectivity index is 2.58. The number of hydrogen-bond acceptors (Lipinski definition) is 1. The van der Waals surface area contributed by atoms with Crippen molar-refractivity contribution in [3.05, 3.63) is 35.5 Å². The van der Waals surface area contributed by atoms with E-state index in [9.17, 15) is 5.11 Å². The van der Waals surface area contributed by atoms with Crippen molar-refractivity contribution in [1.29, 1.82) is 0 Å². The van der Waals surface area contributed by atoms with Gasteiger partial charge in [0.2, 0.25) is 0 Å². The molecule has 1 heterocycles. The predicted octanol–water partition coefficient (Wildman–Crippen LogP) is 2.89. The fraction of sp³-hybridized carbons (Fsp3) is 0.429. The average Bonchev–Trinajstić information content (AvgIpc) is 2.55. The van der Waals surface area contributed by atoms with Crippen LogP contribution in [0.5, 0.6) is 0 Å². The van der Waals surface area contributed by atoms with E-state index in [0.29, 0.717) is 0 Å². The Morgan fingerprint density at radius 1 is 1.38 bits per heavy atom. The molecule has 0 aliphatic rings. The molecule has 0 radical (unpaired) electrons. The Morgan fingerprint density at radius 2 is 2.12 bits per heavy atom. The summed E-state index contributed by atoms with van der Waals surface area (Å²) >= 11 is 0. The summed E-state index contributed by atoms with van der Waals surface area (Å²) in [6.07, 6.45) is 2.61. The monoisotopic (exact) mass is 217 g/mol. The zero-order valence-electron chi connectivity index (χ0n) is 10.2. The molecule has 2 rings (SSSR count). The molecule has 1 atom stereocenters.